The molecule has 1 saturated carbocycles. The Balaban J connectivity index is 2.00. The summed E-state index contributed by atoms with van der Waals surface area (Å²) in [5, 5.41) is 19.3. The van der Waals surface area contributed by atoms with E-state index in [0.29, 0.717) is 5.92 Å². The third-order valence-corrected chi connectivity index (χ3v) is 2.33. The van der Waals surface area contributed by atoms with Crippen LogP contribution in [0.4, 0.5) is 4.79 Å². The summed E-state index contributed by atoms with van der Waals surface area (Å²) in [6.07, 6.45) is 2.80. The van der Waals surface area contributed by atoms with Gasteiger partial charge in [-0.3, -0.25) is 0 Å². The van der Waals surface area contributed by atoms with Crippen molar-refractivity contribution in [3.05, 3.63) is 0 Å². The van der Waals surface area contributed by atoms with Crippen molar-refractivity contribution in [2.24, 2.45) is 5.92 Å². The Labute approximate surface area is 71.6 Å². The number of aliphatic hydroxyl groups is 1. The van der Waals surface area contributed by atoms with Gasteiger partial charge < -0.3 is 15.5 Å². The Bertz CT molecular complexity index is 154. The van der Waals surface area contributed by atoms with Gasteiger partial charge >= 0.3 is 6.09 Å². The maximum Gasteiger partial charge on any atom is 0.404 e. The monoisotopic (exact) mass is 173 g/mol. The molecule has 3 N–H and O–H groups in total. The van der Waals surface area contributed by atoms with Gasteiger partial charge in [-0.05, 0) is 31.6 Å². The SMILES string of the molecule is O=C(O)NC1CC(CCCO)C1. The average molecular weight is 173 g/mol. The molecular formula is C8H15NO3. The molecule has 0 aromatic heterocycles. The molecule has 1 aliphatic carbocycles. The third-order valence-electron chi connectivity index (χ3n) is 2.33. The largest absolute Gasteiger partial charge is 0.465 e. The van der Waals surface area contributed by atoms with Crippen LogP contribution in [0.2, 0.25) is 0 Å². The van der Waals surface area contributed by atoms with E-state index in [9.17, 15) is 4.79 Å². The summed E-state index contributed by atoms with van der Waals surface area (Å²) in [6.45, 7) is 0.244. The lowest BCUT2D eigenvalue weighted by Crippen LogP contribution is -2.43. The van der Waals surface area contributed by atoms with Crippen LogP contribution >= 0.6 is 0 Å². The number of nitrogens with one attached hydrogen (secondary N) is 1. The van der Waals surface area contributed by atoms with Gasteiger partial charge in [-0.2, -0.15) is 0 Å². The molecule has 4 nitrogen and oxygen atoms in total. The Hall–Kier alpha value is -0.770. The van der Waals surface area contributed by atoms with E-state index in [-0.39, 0.29) is 12.6 Å². The molecule has 0 heterocycles. The highest BCUT2D eigenvalue weighted by Crippen LogP contribution is 2.30. The lowest BCUT2D eigenvalue weighted by molar-refractivity contribution is 0.157. The number of carbonyl (C=O) groups is 1. The summed E-state index contributed by atoms with van der Waals surface area (Å²) >= 11 is 0. The third kappa shape index (κ3) is 2.70. The molecule has 0 unspecified atom stereocenters. The normalized spacial score (nSPS) is 27.8. The number of hydrogen-bond acceptors (Lipinski definition) is 2. The molecule has 1 fully saturated rings. The van der Waals surface area contributed by atoms with Gasteiger partial charge in [0, 0.05) is 12.6 Å². The van der Waals surface area contributed by atoms with E-state index in [4.69, 9.17) is 10.2 Å². The zero-order valence-electron chi connectivity index (χ0n) is 6.99. The summed E-state index contributed by atoms with van der Waals surface area (Å²) in [7, 11) is 0. The quantitative estimate of drug-likeness (QED) is 0.589. The van der Waals surface area contributed by atoms with E-state index in [1.165, 1.54) is 0 Å². The fourth-order valence-electron chi connectivity index (χ4n) is 1.64. The number of aliphatic hydroxyl groups excluding tert-OH is 1. The fraction of sp³-hybridized carbons (Fsp3) is 0.875. The van der Waals surface area contributed by atoms with Crippen molar-refractivity contribution >= 4 is 6.09 Å². The van der Waals surface area contributed by atoms with Crippen LogP contribution in [0.3, 0.4) is 0 Å². The van der Waals surface area contributed by atoms with Gasteiger partial charge in [0.05, 0.1) is 0 Å². The van der Waals surface area contributed by atoms with Crippen molar-refractivity contribution in [1.82, 2.24) is 5.32 Å². The van der Waals surface area contributed by atoms with Crippen molar-refractivity contribution in [1.29, 1.82) is 0 Å². The van der Waals surface area contributed by atoms with Crippen LogP contribution in [0.5, 0.6) is 0 Å². The molecule has 0 spiro atoms. The second kappa shape index (κ2) is 4.30. The zero-order chi connectivity index (χ0) is 8.97. The molecule has 4 heteroatoms. The molecule has 1 aliphatic rings. The average Bonchev–Trinajstić information content (AvgIpc) is 1.93. The van der Waals surface area contributed by atoms with Crippen molar-refractivity contribution in [3.63, 3.8) is 0 Å². The molecule has 0 aromatic carbocycles. The first kappa shape index (κ1) is 9.32. The number of amides is 1. The summed E-state index contributed by atoms with van der Waals surface area (Å²) in [5.74, 6) is 0.619. The Morgan fingerprint density at radius 2 is 2.17 bits per heavy atom. The minimum atomic E-state index is -0.930. The summed E-state index contributed by atoms with van der Waals surface area (Å²) in [4.78, 5) is 10.2. The van der Waals surface area contributed by atoms with Crippen molar-refractivity contribution < 1.29 is 15.0 Å². The van der Waals surface area contributed by atoms with Gasteiger partial charge in [-0.15, -0.1) is 0 Å². The van der Waals surface area contributed by atoms with Crippen LogP contribution in [0, 0.1) is 5.92 Å². The van der Waals surface area contributed by atoms with Gasteiger partial charge in [0.25, 0.3) is 0 Å². The highest BCUT2D eigenvalue weighted by Gasteiger charge is 2.29. The Morgan fingerprint density at radius 1 is 1.50 bits per heavy atom. The van der Waals surface area contributed by atoms with E-state index in [1.54, 1.807) is 0 Å². The lowest BCUT2D eigenvalue weighted by atomic mass is 9.78. The van der Waals surface area contributed by atoms with Crippen molar-refractivity contribution in [2.45, 2.75) is 31.7 Å². The molecule has 0 aliphatic heterocycles. The van der Waals surface area contributed by atoms with E-state index in [2.05, 4.69) is 5.32 Å². The highest BCUT2D eigenvalue weighted by molar-refractivity contribution is 5.64. The summed E-state index contributed by atoms with van der Waals surface area (Å²) in [6, 6.07) is 0.159. The van der Waals surface area contributed by atoms with Gasteiger partial charge in [0.1, 0.15) is 0 Å². The molecule has 0 aromatic rings. The van der Waals surface area contributed by atoms with E-state index < -0.39 is 6.09 Å². The second-order valence-electron chi connectivity index (χ2n) is 3.35. The lowest BCUT2D eigenvalue weighted by Gasteiger charge is -2.34. The maximum atomic E-state index is 10.2. The number of hydrogen-bond donors (Lipinski definition) is 3. The zero-order valence-corrected chi connectivity index (χ0v) is 6.99. The summed E-state index contributed by atoms with van der Waals surface area (Å²) < 4.78 is 0. The van der Waals surface area contributed by atoms with E-state index >= 15 is 0 Å². The van der Waals surface area contributed by atoms with Crippen LogP contribution in [-0.2, 0) is 0 Å². The standard InChI is InChI=1S/C8H15NO3/c10-3-1-2-6-4-7(5-6)9-8(11)12/h6-7,9-10H,1-5H2,(H,11,12). The Morgan fingerprint density at radius 3 is 2.67 bits per heavy atom. The molecule has 1 amide bonds. The minimum Gasteiger partial charge on any atom is -0.465 e. The predicted octanol–water partition coefficient (Wildman–Crippen LogP) is 0.805. The van der Waals surface area contributed by atoms with Crippen LogP contribution in [0.15, 0.2) is 0 Å². The van der Waals surface area contributed by atoms with Crippen molar-refractivity contribution in [2.75, 3.05) is 6.61 Å². The minimum absolute atomic E-state index is 0.159. The second-order valence-corrected chi connectivity index (χ2v) is 3.35. The smallest absolute Gasteiger partial charge is 0.404 e. The molecule has 70 valence electrons. The topological polar surface area (TPSA) is 69.6 Å². The maximum absolute atomic E-state index is 10.2. The number of rotatable bonds is 4. The van der Waals surface area contributed by atoms with Crippen LogP contribution < -0.4 is 5.32 Å². The first-order chi connectivity index (χ1) is 5.72. The van der Waals surface area contributed by atoms with Crippen LogP contribution in [0.1, 0.15) is 25.7 Å². The molecule has 1 rings (SSSR count). The van der Waals surface area contributed by atoms with Crippen molar-refractivity contribution in [3.8, 4) is 0 Å². The molecule has 0 saturated heterocycles. The van der Waals surface area contributed by atoms with Gasteiger partial charge in [0.2, 0.25) is 0 Å². The fourth-order valence-corrected chi connectivity index (χ4v) is 1.64. The predicted molar refractivity (Wildman–Crippen MR) is 44.0 cm³/mol. The first-order valence-electron chi connectivity index (χ1n) is 4.32. The molecule has 0 atom stereocenters. The van der Waals surface area contributed by atoms with Gasteiger partial charge in [-0.25, -0.2) is 4.79 Å². The number of carboxylic acid groups (broad SMARTS) is 1. The van der Waals surface area contributed by atoms with Gasteiger partial charge in [-0.1, -0.05) is 0 Å². The van der Waals surface area contributed by atoms with E-state index in [1.807, 2.05) is 0 Å². The van der Waals surface area contributed by atoms with E-state index in [0.717, 1.165) is 25.7 Å². The van der Waals surface area contributed by atoms with Gasteiger partial charge in [0.15, 0.2) is 0 Å². The first-order valence-corrected chi connectivity index (χ1v) is 4.32. The molecule has 0 bridgehead atoms. The summed E-state index contributed by atoms with van der Waals surface area (Å²) in [5.41, 5.74) is 0. The highest BCUT2D eigenvalue weighted by atomic mass is 16.4. The van der Waals surface area contributed by atoms with Crippen LogP contribution in [0.25, 0.3) is 0 Å². The molecule has 0 radical (unpaired) electrons. The van der Waals surface area contributed by atoms with Crippen LogP contribution in [-0.4, -0.2) is 29.0 Å². The molecular weight excluding hydrogens is 158 g/mol. The molecule has 12 heavy (non-hydrogen) atoms. The Kier molecular flexibility index (Phi) is 3.34.